The summed E-state index contributed by atoms with van der Waals surface area (Å²) in [6.07, 6.45) is 5.70. The Morgan fingerprint density at radius 2 is 1.92 bits per heavy atom. The van der Waals surface area contributed by atoms with Gasteiger partial charge >= 0.3 is 0 Å². The minimum Gasteiger partial charge on any atom is -0.367 e. The second kappa shape index (κ2) is 6.92. The van der Waals surface area contributed by atoms with Gasteiger partial charge in [-0.3, -0.25) is 4.79 Å². The van der Waals surface area contributed by atoms with Crippen molar-refractivity contribution in [1.82, 2.24) is 15.0 Å². The first-order valence-corrected chi connectivity index (χ1v) is 8.61. The third kappa shape index (κ3) is 3.85. The highest BCUT2D eigenvalue weighted by atomic mass is 16.1. The second-order valence-electron chi connectivity index (χ2n) is 6.37. The van der Waals surface area contributed by atoms with Gasteiger partial charge in [0.2, 0.25) is 0 Å². The molecular weight excluding hydrogens is 326 g/mol. The molecule has 0 atom stereocenters. The molecule has 2 N–H and O–H groups in total. The van der Waals surface area contributed by atoms with E-state index in [1.54, 1.807) is 24.5 Å². The molecule has 6 heteroatoms. The van der Waals surface area contributed by atoms with Gasteiger partial charge < -0.3 is 10.6 Å². The molecule has 0 bridgehead atoms. The van der Waals surface area contributed by atoms with Crippen molar-refractivity contribution in [1.29, 1.82) is 0 Å². The zero-order valence-electron chi connectivity index (χ0n) is 14.4. The van der Waals surface area contributed by atoms with E-state index in [2.05, 4.69) is 25.6 Å². The predicted octanol–water partition coefficient (Wildman–Crippen LogP) is 3.67. The van der Waals surface area contributed by atoms with Crippen LogP contribution < -0.4 is 10.6 Å². The lowest BCUT2D eigenvalue weighted by molar-refractivity contribution is 0.102. The van der Waals surface area contributed by atoms with Crippen LogP contribution in [0.2, 0.25) is 0 Å². The summed E-state index contributed by atoms with van der Waals surface area (Å²) in [5, 5.41) is 6.25. The minimum absolute atomic E-state index is 0.165. The van der Waals surface area contributed by atoms with E-state index in [1.165, 1.54) is 0 Å². The number of nitrogens with zero attached hydrogens (tertiary/aromatic N) is 3. The summed E-state index contributed by atoms with van der Waals surface area (Å²) in [6, 6.07) is 13.5. The Morgan fingerprint density at radius 1 is 1.08 bits per heavy atom. The van der Waals surface area contributed by atoms with Crippen molar-refractivity contribution in [3.63, 3.8) is 0 Å². The molecule has 1 aromatic carbocycles. The van der Waals surface area contributed by atoms with Gasteiger partial charge in [0, 0.05) is 35.2 Å². The summed E-state index contributed by atoms with van der Waals surface area (Å²) >= 11 is 0. The Hall–Kier alpha value is -3.28. The van der Waals surface area contributed by atoms with E-state index in [0.29, 0.717) is 17.4 Å². The van der Waals surface area contributed by atoms with E-state index < -0.39 is 0 Å². The third-order valence-corrected chi connectivity index (χ3v) is 4.14. The van der Waals surface area contributed by atoms with Crippen molar-refractivity contribution in [2.75, 3.05) is 10.6 Å². The Labute approximate surface area is 151 Å². The molecule has 1 amide bonds. The number of benzene rings is 1. The maximum atomic E-state index is 12.6. The Kier molecular flexibility index (Phi) is 4.31. The van der Waals surface area contributed by atoms with Crippen molar-refractivity contribution in [2.24, 2.45) is 0 Å². The number of amides is 1. The first-order valence-electron chi connectivity index (χ1n) is 8.61. The number of carbonyl (C=O) groups is 1. The van der Waals surface area contributed by atoms with Crippen molar-refractivity contribution in [3.05, 3.63) is 66.2 Å². The predicted molar refractivity (Wildman–Crippen MR) is 101 cm³/mol. The Balaban J connectivity index is 1.52. The van der Waals surface area contributed by atoms with E-state index in [4.69, 9.17) is 0 Å². The van der Waals surface area contributed by atoms with Gasteiger partial charge in [0.1, 0.15) is 11.6 Å². The standard InChI is InChI=1S/C20H19N5O/c1-13-21-10-8-18(23-13)14-3-2-4-17(11-14)25-20(26)15-7-9-22-19(12-15)24-16-5-6-16/h2-4,7-12,16H,5-6H2,1H3,(H,22,24)(H,25,26). The number of rotatable bonds is 5. The van der Waals surface area contributed by atoms with E-state index >= 15 is 0 Å². The van der Waals surface area contributed by atoms with Gasteiger partial charge in [0.25, 0.3) is 5.91 Å². The molecule has 130 valence electrons. The van der Waals surface area contributed by atoms with E-state index in [-0.39, 0.29) is 5.91 Å². The molecule has 0 aliphatic heterocycles. The van der Waals surface area contributed by atoms with Crippen LogP contribution in [0.25, 0.3) is 11.3 Å². The van der Waals surface area contributed by atoms with Crippen LogP contribution in [0.15, 0.2) is 54.9 Å². The molecule has 0 unspecified atom stereocenters. The molecule has 0 spiro atoms. The van der Waals surface area contributed by atoms with E-state index in [1.807, 2.05) is 37.3 Å². The number of nitrogens with one attached hydrogen (secondary N) is 2. The molecule has 2 heterocycles. The lowest BCUT2D eigenvalue weighted by Gasteiger charge is -2.09. The summed E-state index contributed by atoms with van der Waals surface area (Å²) in [5.41, 5.74) is 3.05. The number of hydrogen-bond acceptors (Lipinski definition) is 5. The van der Waals surface area contributed by atoms with Crippen molar-refractivity contribution >= 4 is 17.4 Å². The zero-order valence-corrected chi connectivity index (χ0v) is 14.4. The molecular formula is C20H19N5O. The van der Waals surface area contributed by atoms with Crippen LogP contribution in [0.4, 0.5) is 11.5 Å². The van der Waals surface area contributed by atoms with Gasteiger partial charge in [-0.2, -0.15) is 0 Å². The number of carbonyl (C=O) groups excluding carboxylic acids is 1. The molecule has 0 radical (unpaired) electrons. The number of hydrogen-bond donors (Lipinski definition) is 2. The fraction of sp³-hybridized carbons (Fsp3) is 0.200. The molecule has 3 aromatic rings. The van der Waals surface area contributed by atoms with Gasteiger partial charge in [0.05, 0.1) is 5.69 Å². The number of aromatic nitrogens is 3. The van der Waals surface area contributed by atoms with Crippen molar-refractivity contribution < 1.29 is 4.79 Å². The monoisotopic (exact) mass is 345 g/mol. The second-order valence-corrected chi connectivity index (χ2v) is 6.37. The molecule has 1 fully saturated rings. The number of aryl methyl sites for hydroxylation is 1. The lowest BCUT2D eigenvalue weighted by atomic mass is 10.1. The quantitative estimate of drug-likeness (QED) is 0.737. The van der Waals surface area contributed by atoms with E-state index in [0.717, 1.165) is 35.6 Å². The van der Waals surface area contributed by atoms with Gasteiger partial charge in [-0.15, -0.1) is 0 Å². The zero-order chi connectivity index (χ0) is 17.9. The molecule has 2 aromatic heterocycles. The highest BCUT2D eigenvalue weighted by molar-refractivity contribution is 6.04. The largest absolute Gasteiger partial charge is 0.367 e. The first-order chi connectivity index (χ1) is 12.7. The third-order valence-electron chi connectivity index (χ3n) is 4.14. The highest BCUT2D eigenvalue weighted by Gasteiger charge is 2.21. The summed E-state index contributed by atoms with van der Waals surface area (Å²) in [5.74, 6) is 1.29. The van der Waals surface area contributed by atoms with Crippen LogP contribution in [-0.4, -0.2) is 26.9 Å². The highest BCUT2D eigenvalue weighted by Crippen LogP contribution is 2.24. The van der Waals surface area contributed by atoms with Crippen molar-refractivity contribution in [2.45, 2.75) is 25.8 Å². The topological polar surface area (TPSA) is 79.8 Å². The fourth-order valence-electron chi connectivity index (χ4n) is 2.66. The lowest BCUT2D eigenvalue weighted by Crippen LogP contribution is -2.13. The van der Waals surface area contributed by atoms with Gasteiger partial charge in [-0.05, 0) is 50.1 Å². The molecule has 4 rings (SSSR count). The maximum Gasteiger partial charge on any atom is 0.255 e. The molecule has 1 aliphatic carbocycles. The first kappa shape index (κ1) is 16.2. The molecule has 26 heavy (non-hydrogen) atoms. The summed E-state index contributed by atoms with van der Waals surface area (Å²) in [4.78, 5) is 25.4. The van der Waals surface area contributed by atoms with Crippen LogP contribution in [0, 0.1) is 6.92 Å². The van der Waals surface area contributed by atoms with Crippen LogP contribution in [0.5, 0.6) is 0 Å². The summed E-state index contributed by atoms with van der Waals surface area (Å²) < 4.78 is 0. The van der Waals surface area contributed by atoms with Crippen LogP contribution in [-0.2, 0) is 0 Å². The van der Waals surface area contributed by atoms with Gasteiger partial charge in [0.15, 0.2) is 0 Å². The Bertz CT molecular complexity index is 952. The molecule has 1 saturated carbocycles. The number of anilines is 2. The fourth-order valence-corrected chi connectivity index (χ4v) is 2.66. The minimum atomic E-state index is -0.165. The van der Waals surface area contributed by atoms with Gasteiger partial charge in [-0.1, -0.05) is 12.1 Å². The average molecular weight is 345 g/mol. The normalized spacial score (nSPS) is 13.3. The molecule has 6 nitrogen and oxygen atoms in total. The SMILES string of the molecule is Cc1nccc(-c2cccc(NC(=O)c3ccnc(NC4CC4)c3)c2)n1. The van der Waals surface area contributed by atoms with Crippen molar-refractivity contribution in [3.8, 4) is 11.3 Å². The molecule has 1 aliphatic rings. The Morgan fingerprint density at radius 3 is 2.73 bits per heavy atom. The van der Waals surface area contributed by atoms with Crippen LogP contribution in [0.3, 0.4) is 0 Å². The number of pyridine rings is 1. The smallest absolute Gasteiger partial charge is 0.255 e. The average Bonchev–Trinajstić information content (AvgIpc) is 3.46. The molecule has 0 saturated heterocycles. The van der Waals surface area contributed by atoms with Crippen LogP contribution >= 0.6 is 0 Å². The van der Waals surface area contributed by atoms with E-state index in [9.17, 15) is 4.79 Å². The van der Waals surface area contributed by atoms with Gasteiger partial charge in [-0.25, -0.2) is 15.0 Å². The summed E-state index contributed by atoms with van der Waals surface area (Å²) in [6.45, 7) is 1.85. The summed E-state index contributed by atoms with van der Waals surface area (Å²) in [7, 11) is 0. The maximum absolute atomic E-state index is 12.6. The van der Waals surface area contributed by atoms with Crippen LogP contribution in [0.1, 0.15) is 29.0 Å².